The van der Waals surface area contributed by atoms with Crippen LogP contribution in [0, 0.1) is 0 Å². The third-order valence-corrected chi connectivity index (χ3v) is 5.34. The molecular formula is C24H50N2O. The predicted octanol–water partition coefficient (Wildman–Crippen LogP) is 6.71. The maximum Gasteiger partial charge on any atom is 0.220 e. The minimum atomic E-state index is 0.242. The number of nitrogens with zero attached hydrogens (tertiary/aromatic N) is 1. The molecule has 1 amide bonds. The number of hydrogen-bond acceptors (Lipinski definition) is 2. The summed E-state index contributed by atoms with van der Waals surface area (Å²) in [6.07, 6.45) is 20.7. The summed E-state index contributed by atoms with van der Waals surface area (Å²) in [5.74, 6) is 0.242. The zero-order valence-corrected chi connectivity index (χ0v) is 19.0. The van der Waals surface area contributed by atoms with Crippen LogP contribution in [0.5, 0.6) is 0 Å². The van der Waals surface area contributed by atoms with Crippen molar-refractivity contribution in [2.24, 2.45) is 0 Å². The van der Waals surface area contributed by atoms with Crippen molar-refractivity contribution >= 4 is 5.91 Å². The lowest BCUT2D eigenvalue weighted by molar-refractivity contribution is -0.121. The topological polar surface area (TPSA) is 32.3 Å². The van der Waals surface area contributed by atoms with Crippen molar-refractivity contribution in [3.63, 3.8) is 0 Å². The van der Waals surface area contributed by atoms with E-state index in [1.54, 1.807) is 0 Å². The maximum absolute atomic E-state index is 11.9. The smallest absolute Gasteiger partial charge is 0.220 e. The fourth-order valence-corrected chi connectivity index (χ4v) is 3.71. The van der Waals surface area contributed by atoms with Crippen molar-refractivity contribution < 1.29 is 4.79 Å². The molecule has 3 heteroatoms. The fraction of sp³-hybridized carbons (Fsp3) is 0.958. The molecule has 0 aliphatic rings. The van der Waals surface area contributed by atoms with Gasteiger partial charge in [0.25, 0.3) is 0 Å². The summed E-state index contributed by atoms with van der Waals surface area (Å²) in [6.45, 7) is 10.8. The van der Waals surface area contributed by atoms with E-state index in [0.717, 1.165) is 32.6 Å². The van der Waals surface area contributed by atoms with Gasteiger partial charge in [-0.3, -0.25) is 4.79 Å². The first-order valence-electron chi connectivity index (χ1n) is 12.2. The van der Waals surface area contributed by atoms with E-state index in [4.69, 9.17) is 0 Å². The SMILES string of the molecule is CCCCCCCCCCCCCCCC(=O)NCCN(CCC)CCC. The van der Waals surface area contributed by atoms with Crippen LogP contribution in [-0.2, 0) is 4.79 Å². The number of amides is 1. The van der Waals surface area contributed by atoms with E-state index >= 15 is 0 Å². The summed E-state index contributed by atoms with van der Waals surface area (Å²) in [5.41, 5.74) is 0. The highest BCUT2D eigenvalue weighted by atomic mass is 16.1. The summed E-state index contributed by atoms with van der Waals surface area (Å²) in [5, 5.41) is 3.09. The highest BCUT2D eigenvalue weighted by Crippen LogP contribution is 2.12. The first-order chi connectivity index (χ1) is 13.2. The van der Waals surface area contributed by atoms with Crippen LogP contribution in [0.1, 0.15) is 124 Å². The third-order valence-electron chi connectivity index (χ3n) is 5.34. The van der Waals surface area contributed by atoms with E-state index in [0.29, 0.717) is 6.42 Å². The van der Waals surface area contributed by atoms with E-state index in [-0.39, 0.29) is 5.91 Å². The second-order valence-electron chi connectivity index (χ2n) is 8.18. The minimum Gasteiger partial charge on any atom is -0.355 e. The number of nitrogens with one attached hydrogen (secondary N) is 1. The molecule has 3 nitrogen and oxygen atoms in total. The summed E-state index contributed by atoms with van der Waals surface area (Å²) >= 11 is 0. The van der Waals surface area contributed by atoms with Crippen LogP contribution in [0.25, 0.3) is 0 Å². The molecule has 0 spiro atoms. The first-order valence-corrected chi connectivity index (χ1v) is 12.2. The van der Waals surface area contributed by atoms with Crippen molar-refractivity contribution in [3.05, 3.63) is 0 Å². The molecular weight excluding hydrogens is 332 g/mol. The lowest BCUT2D eigenvalue weighted by Gasteiger charge is -2.20. The molecule has 162 valence electrons. The van der Waals surface area contributed by atoms with Gasteiger partial charge >= 0.3 is 0 Å². The van der Waals surface area contributed by atoms with Crippen LogP contribution in [0.2, 0.25) is 0 Å². The molecule has 0 aliphatic heterocycles. The zero-order valence-electron chi connectivity index (χ0n) is 19.0. The molecule has 0 aromatic heterocycles. The first kappa shape index (κ1) is 26.4. The largest absolute Gasteiger partial charge is 0.355 e. The molecule has 0 aromatic rings. The number of rotatable bonds is 21. The Labute approximate surface area is 171 Å². The molecule has 0 rings (SSSR count). The van der Waals surface area contributed by atoms with Gasteiger partial charge in [-0.1, -0.05) is 97.8 Å². The maximum atomic E-state index is 11.9. The van der Waals surface area contributed by atoms with Crippen LogP contribution in [0.4, 0.5) is 0 Å². The van der Waals surface area contributed by atoms with Gasteiger partial charge in [0.2, 0.25) is 5.91 Å². The number of carbonyl (C=O) groups excluding carboxylic acids is 1. The van der Waals surface area contributed by atoms with Crippen LogP contribution in [-0.4, -0.2) is 37.0 Å². The molecule has 0 fully saturated rings. The Hall–Kier alpha value is -0.570. The number of carbonyl (C=O) groups is 1. The zero-order chi connectivity index (χ0) is 20.0. The Bertz CT molecular complexity index is 301. The fourth-order valence-electron chi connectivity index (χ4n) is 3.71. The van der Waals surface area contributed by atoms with Crippen LogP contribution < -0.4 is 5.32 Å². The van der Waals surface area contributed by atoms with Gasteiger partial charge in [0, 0.05) is 19.5 Å². The van der Waals surface area contributed by atoms with Gasteiger partial charge < -0.3 is 10.2 Å². The molecule has 0 bridgehead atoms. The number of hydrogen-bond donors (Lipinski definition) is 1. The molecule has 0 unspecified atom stereocenters. The van der Waals surface area contributed by atoms with Gasteiger partial charge in [0.15, 0.2) is 0 Å². The van der Waals surface area contributed by atoms with Gasteiger partial charge in [-0.05, 0) is 32.4 Å². The normalized spacial score (nSPS) is 11.3. The second-order valence-corrected chi connectivity index (χ2v) is 8.18. The Morgan fingerprint density at radius 2 is 1.04 bits per heavy atom. The molecule has 0 heterocycles. The van der Waals surface area contributed by atoms with Crippen molar-refractivity contribution in [3.8, 4) is 0 Å². The standard InChI is InChI=1S/C24H50N2O/c1-4-7-8-9-10-11-12-13-14-15-16-17-18-19-24(27)25-20-23-26(21-5-2)22-6-3/h4-23H2,1-3H3,(H,25,27). The van der Waals surface area contributed by atoms with E-state index in [2.05, 4.69) is 31.0 Å². The summed E-state index contributed by atoms with van der Waals surface area (Å²) in [7, 11) is 0. The van der Waals surface area contributed by atoms with Crippen molar-refractivity contribution in [2.75, 3.05) is 26.2 Å². The highest BCUT2D eigenvalue weighted by Gasteiger charge is 2.04. The van der Waals surface area contributed by atoms with Gasteiger partial charge in [0.05, 0.1) is 0 Å². The molecule has 0 aliphatic carbocycles. The van der Waals surface area contributed by atoms with Gasteiger partial charge in [-0.2, -0.15) is 0 Å². The Balaban J connectivity index is 3.31. The number of unbranched alkanes of at least 4 members (excludes halogenated alkanes) is 12. The summed E-state index contributed by atoms with van der Waals surface area (Å²) in [4.78, 5) is 14.4. The Morgan fingerprint density at radius 3 is 1.48 bits per heavy atom. The molecule has 0 radical (unpaired) electrons. The predicted molar refractivity (Wildman–Crippen MR) is 120 cm³/mol. The van der Waals surface area contributed by atoms with Crippen molar-refractivity contribution in [1.29, 1.82) is 0 Å². The quantitative estimate of drug-likeness (QED) is 0.224. The van der Waals surface area contributed by atoms with E-state index in [9.17, 15) is 4.79 Å². The van der Waals surface area contributed by atoms with Gasteiger partial charge in [-0.25, -0.2) is 0 Å². The Morgan fingerprint density at radius 1 is 0.593 bits per heavy atom. The average molecular weight is 383 g/mol. The minimum absolute atomic E-state index is 0.242. The van der Waals surface area contributed by atoms with Crippen molar-refractivity contribution in [2.45, 2.75) is 124 Å². The molecule has 0 saturated carbocycles. The molecule has 0 atom stereocenters. The molecule has 0 aromatic carbocycles. The van der Waals surface area contributed by atoms with Gasteiger partial charge in [0.1, 0.15) is 0 Å². The van der Waals surface area contributed by atoms with Crippen LogP contribution in [0.15, 0.2) is 0 Å². The van der Waals surface area contributed by atoms with Crippen LogP contribution >= 0.6 is 0 Å². The third kappa shape index (κ3) is 20.0. The van der Waals surface area contributed by atoms with E-state index in [1.807, 2.05) is 0 Å². The summed E-state index contributed by atoms with van der Waals surface area (Å²) in [6, 6.07) is 0. The molecule has 27 heavy (non-hydrogen) atoms. The molecule has 0 saturated heterocycles. The average Bonchev–Trinajstić information content (AvgIpc) is 2.66. The monoisotopic (exact) mass is 382 g/mol. The summed E-state index contributed by atoms with van der Waals surface area (Å²) < 4.78 is 0. The Kier molecular flexibility index (Phi) is 21.3. The highest BCUT2D eigenvalue weighted by molar-refractivity contribution is 5.75. The molecule has 1 N–H and O–H groups in total. The second kappa shape index (κ2) is 21.7. The van der Waals surface area contributed by atoms with E-state index in [1.165, 1.54) is 89.9 Å². The van der Waals surface area contributed by atoms with Crippen molar-refractivity contribution in [1.82, 2.24) is 10.2 Å². The lowest BCUT2D eigenvalue weighted by atomic mass is 10.0. The van der Waals surface area contributed by atoms with Crippen LogP contribution in [0.3, 0.4) is 0 Å². The lowest BCUT2D eigenvalue weighted by Crippen LogP contribution is -2.35. The van der Waals surface area contributed by atoms with Gasteiger partial charge in [-0.15, -0.1) is 0 Å². The van der Waals surface area contributed by atoms with E-state index < -0.39 is 0 Å².